The molecule has 0 aromatic heterocycles. The average Bonchev–Trinajstić information content (AvgIpc) is 2.74. The molecule has 1 heterocycles. The molecule has 3 aromatic carbocycles. The molecule has 1 unspecified atom stereocenters. The number of hydrogen-bond donors (Lipinski definition) is 3. The summed E-state index contributed by atoms with van der Waals surface area (Å²) in [6, 6.07) is 15.5. The van der Waals surface area contributed by atoms with Crippen molar-refractivity contribution in [3.63, 3.8) is 0 Å². The lowest BCUT2D eigenvalue weighted by atomic mass is 9.87. The predicted molar refractivity (Wildman–Crippen MR) is 118 cm³/mol. The van der Waals surface area contributed by atoms with Crippen LogP contribution in [0.1, 0.15) is 33.1 Å². The number of nitrogens with zero attached hydrogens (tertiary/aromatic N) is 1. The van der Waals surface area contributed by atoms with Crippen LogP contribution in [0.5, 0.6) is 11.5 Å². The minimum atomic E-state index is -3.86. The van der Waals surface area contributed by atoms with Crippen molar-refractivity contribution in [1.82, 2.24) is 4.90 Å². The minimum absolute atomic E-state index is 0.0714. The first kappa shape index (κ1) is 21.4. The first-order valence-electron chi connectivity index (χ1n) is 9.39. The fourth-order valence-electron chi connectivity index (χ4n) is 3.82. The molecule has 31 heavy (non-hydrogen) atoms. The molecule has 9 heteroatoms. The molecule has 0 bridgehead atoms. The van der Waals surface area contributed by atoms with E-state index in [2.05, 4.69) is 15.9 Å². The second-order valence-electron chi connectivity index (χ2n) is 7.31. The van der Waals surface area contributed by atoms with Gasteiger partial charge in [0.2, 0.25) is 10.0 Å². The molecule has 0 aliphatic carbocycles. The topological polar surface area (TPSA) is 121 Å². The molecule has 4 N–H and O–H groups in total. The highest BCUT2D eigenvalue weighted by molar-refractivity contribution is 9.10. The zero-order chi connectivity index (χ0) is 22.3. The number of nitrogens with two attached hydrogens (primary N) is 1. The first-order valence-corrected chi connectivity index (χ1v) is 11.7. The molecule has 3 aromatic rings. The fraction of sp³-hybridized carbons (Fsp3) is 0.136. The zero-order valence-electron chi connectivity index (χ0n) is 16.2. The van der Waals surface area contributed by atoms with Gasteiger partial charge in [0.25, 0.3) is 5.91 Å². The third-order valence-corrected chi connectivity index (χ3v) is 6.80. The highest BCUT2D eigenvalue weighted by atomic mass is 79.9. The monoisotopic (exact) mass is 502 g/mol. The summed E-state index contributed by atoms with van der Waals surface area (Å²) in [7, 11) is -3.86. The molecule has 7 nitrogen and oxygen atoms in total. The third-order valence-electron chi connectivity index (χ3n) is 5.34. The Morgan fingerprint density at radius 2 is 1.61 bits per heavy atom. The molecule has 0 saturated carbocycles. The molecule has 1 atom stereocenters. The number of primary sulfonamides is 1. The van der Waals surface area contributed by atoms with Gasteiger partial charge in [-0.1, -0.05) is 28.1 Å². The quantitative estimate of drug-likeness (QED) is 0.474. The van der Waals surface area contributed by atoms with Crippen LogP contribution < -0.4 is 5.14 Å². The van der Waals surface area contributed by atoms with Gasteiger partial charge in [-0.15, -0.1) is 0 Å². The van der Waals surface area contributed by atoms with Gasteiger partial charge in [0.1, 0.15) is 0 Å². The maximum absolute atomic E-state index is 13.4. The average molecular weight is 503 g/mol. The van der Waals surface area contributed by atoms with E-state index in [1.54, 1.807) is 4.90 Å². The first-order chi connectivity index (χ1) is 14.6. The Kier molecular flexibility index (Phi) is 5.50. The largest absolute Gasteiger partial charge is 0.504 e. The van der Waals surface area contributed by atoms with Crippen molar-refractivity contribution in [3.8, 4) is 11.5 Å². The van der Waals surface area contributed by atoms with Gasteiger partial charge in [0.05, 0.1) is 10.9 Å². The number of hydrogen-bond acceptors (Lipinski definition) is 5. The number of aromatic hydroxyl groups is 2. The molecule has 0 fully saturated rings. The molecular weight excluding hydrogens is 484 g/mol. The highest BCUT2D eigenvalue weighted by Gasteiger charge is 2.33. The van der Waals surface area contributed by atoms with E-state index >= 15 is 0 Å². The summed E-state index contributed by atoms with van der Waals surface area (Å²) in [6.07, 6.45) is 0.497. The number of rotatable bonds is 3. The molecule has 1 aliphatic rings. The van der Waals surface area contributed by atoms with Crippen LogP contribution >= 0.6 is 15.9 Å². The highest BCUT2D eigenvalue weighted by Crippen LogP contribution is 2.41. The summed E-state index contributed by atoms with van der Waals surface area (Å²) in [5, 5.41) is 25.2. The van der Waals surface area contributed by atoms with Crippen molar-refractivity contribution in [1.29, 1.82) is 0 Å². The number of carbonyl (C=O) groups excluding carboxylic acids is 1. The fourth-order valence-corrected chi connectivity index (χ4v) is 4.60. The van der Waals surface area contributed by atoms with Gasteiger partial charge in [-0.3, -0.25) is 4.79 Å². The van der Waals surface area contributed by atoms with Gasteiger partial charge < -0.3 is 15.1 Å². The van der Waals surface area contributed by atoms with Gasteiger partial charge in [0.15, 0.2) is 11.5 Å². The van der Waals surface area contributed by atoms with Crippen molar-refractivity contribution >= 4 is 31.9 Å². The van der Waals surface area contributed by atoms with E-state index in [0.29, 0.717) is 18.5 Å². The minimum Gasteiger partial charge on any atom is -0.504 e. The maximum Gasteiger partial charge on any atom is 0.254 e. The van der Waals surface area contributed by atoms with E-state index in [9.17, 15) is 23.4 Å². The Morgan fingerprint density at radius 1 is 1.00 bits per heavy atom. The van der Waals surface area contributed by atoms with E-state index in [-0.39, 0.29) is 22.3 Å². The summed E-state index contributed by atoms with van der Waals surface area (Å²) in [5.74, 6) is -0.744. The van der Waals surface area contributed by atoms with Crippen LogP contribution in [0.15, 0.2) is 70.0 Å². The molecule has 1 amide bonds. The molecule has 0 spiro atoms. The van der Waals surface area contributed by atoms with Gasteiger partial charge in [-0.05, 0) is 71.6 Å². The smallest absolute Gasteiger partial charge is 0.254 e. The molecule has 0 radical (unpaired) electrons. The number of phenols is 2. The Balaban J connectivity index is 1.79. The summed E-state index contributed by atoms with van der Waals surface area (Å²) >= 11 is 3.41. The Bertz CT molecular complexity index is 1260. The lowest BCUT2D eigenvalue weighted by Gasteiger charge is -2.38. The number of carbonyl (C=O) groups is 1. The van der Waals surface area contributed by atoms with Gasteiger partial charge in [-0.2, -0.15) is 0 Å². The Morgan fingerprint density at radius 3 is 2.23 bits per heavy atom. The van der Waals surface area contributed by atoms with Crippen molar-refractivity contribution < 1.29 is 23.4 Å². The standard InChI is InChI=1S/C22H19BrN2O5S/c23-16-5-1-13(2-6-16)21-18-12-20(27)19(26)11-15(18)9-10-25(21)22(28)14-3-7-17(8-4-14)31(24,29)30/h1-8,11-12,21,26-27H,9-10H2,(H2,24,29,30). The summed E-state index contributed by atoms with van der Waals surface area (Å²) in [6.45, 7) is 0.383. The summed E-state index contributed by atoms with van der Waals surface area (Å²) in [5.41, 5.74) is 2.72. The van der Waals surface area contributed by atoms with Crippen LogP contribution in [0.2, 0.25) is 0 Å². The maximum atomic E-state index is 13.4. The van der Waals surface area contributed by atoms with Crippen LogP contribution in [0.3, 0.4) is 0 Å². The van der Waals surface area contributed by atoms with Crippen LogP contribution in [-0.4, -0.2) is 36.0 Å². The summed E-state index contributed by atoms with van der Waals surface area (Å²) in [4.78, 5) is 15.0. The number of halogens is 1. The molecule has 4 rings (SSSR count). The van der Waals surface area contributed by atoms with Gasteiger partial charge in [0, 0.05) is 16.6 Å². The van der Waals surface area contributed by atoms with Crippen LogP contribution in [-0.2, 0) is 16.4 Å². The van der Waals surface area contributed by atoms with Crippen molar-refractivity contribution in [2.75, 3.05) is 6.54 Å². The molecule has 0 saturated heterocycles. The summed E-state index contributed by atoms with van der Waals surface area (Å²) < 4.78 is 23.9. The Hall–Kier alpha value is -2.88. The number of fused-ring (bicyclic) bond motifs is 1. The number of amides is 1. The number of sulfonamides is 1. The van der Waals surface area contributed by atoms with E-state index < -0.39 is 16.1 Å². The second kappa shape index (κ2) is 7.99. The van der Waals surface area contributed by atoms with Gasteiger partial charge >= 0.3 is 0 Å². The predicted octanol–water partition coefficient (Wildman–Crippen LogP) is 3.30. The van der Waals surface area contributed by atoms with Crippen molar-refractivity contribution in [2.24, 2.45) is 5.14 Å². The van der Waals surface area contributed by atoms with Crippen LogP contribution in [0.4, 0.5) is 0 Å². The lowest BCUT2D eigenvalue weighted by molar-refractivity contribution is 0.0694. The normalized spacial score (nSPS) is 16.1. The van der Waals surface area contributed by atoms with Gasteiger partial charge in [-0.25, -0.2) is 13.6 Å². The Labute approximate surface area is 187 Å². The van der Waals surface area contributed by atoms with E-state index in [0.717, 1.165) is 21.2 Å². The van der Waals surface area contributed by atoms with Crippen molar-refractivity contribution in [3.05, 3.63) is 87.4 Å². The molecular formula is C22H19BrN2O5S. The van der Waals surface area contributed by atoms with Crippen LogP contribution in [0, 0.1) is 0 Å². The SMILES string of the molecule is NS(=O)(=O)c1ccc(C(=O)N2CCc3cc(O)c(O)cc3C2c2ccc(Br)cc2)cc1. The molecule has 1 aliphatic heterocycles. The van der Waals surface area contributed by atoms with E-state index in [1.165, 1.54) is 36.4 Å². The second-order valence-corrected chi connectivity index (χ2v) is 9.79. The number of benzene rings is 3. The zero-order valence-corrected chi connectivity index (χ0v) is 18.6. The van der Waals surface area contributed by atoms with Crippen LogP contribution in [0.25, 0.3) is 0 Å². The molecule has 160 valence electrons. The third kappa shape index (κ3) is 4.16. The lowest BCUT2D eigenvalue weighted by Crippen LogP contribution is -2.40. The van der Waals surface area contributed by atoms with E-state index in [4.69, 9.17) is 5.14 Å². The number of phenolic OH excluding ortho intramolecular Hbond substituents is 2. The van der Waals surface area contributed by atoms with E-state index in [1.807, 2.05) is 24.3 Å². The van der Waals surface area contributed by atoms with Crippen molar-refractivity contribution in [2.45, 2.75) is 17.4 Å².